The Morgan fingerprint density at radius 1 is 1.05 bits per heavy atom. The van der Waals surface area contributed by atoms with Crippen molar-refractivity contribution in [2.24, 2.45) is 0 Å². The van der Waals surface area contributed by atoms with E-state index in [0.29, 0.717) is 10.8 Å². The molecule has 0 spiro atoms. The van der Waals surface area contributed by atoms with Gasteiger partial charge in [-0.2, -0.15) is 0 Å². The standard InChI is InChI=1S/C16H13ClO4/c17-11-5-7-13(8-6-11)21-10-12(18)9-16(20)14-3-1-2-4-15(14)19/h1-8,19H,9-10H2. The van der Waals surface area contributed by atoms with Crippen molar-refractivity contribution in [3.63, 3.8) is 0 Å². The molecule has 0 bridgehead atoms. The number of carbonyl (C=O) groups is 2. The van der Waals surface area contributed by atoms with E-state index in [1.54, 1.807) is 36.4 Å². The van der Waals surface area contributed by atoms with Gasteiger partial charge in [-0.25, -0.2) is 0 Å². The zero-order valence-corrected chi connectivity index (χ0v) is 11.8. The fourth-order valence-electron chi connectivity index (χ4n) is 1.73. The lowest BCUT2D eigenvalue weighted by Crippen LogP contribution is -2.16. The first-order valence-corrected chi connectivity index (χ1v) is 6.65. The maximum absolute atomic E-state index is 11.9. The minimum atomic E-state index is -0.433. The van der Waals surface area contributed by atoms with Crippen LogP contribution in [0.3, 0.4) is 0 Å². The monoisotopic (exact) mass is 304 g/mol. The highest BCUT2D eigenvalue weighted by atomic mass is 35.5. The number of benzene rings is 2. The van der Waals surface area contributed by atoms with E-state index in [4.69, 9.17) is 16.3 Å². The SMILES string of the molecule is O=C(COc1ccc(Cl)cc1)CC(=O)c1ccccc1O. The first kappa shape index (κ1) is 15.1. The fourth-order valence-corrected chi connectivity index (χ4v) is 1.86. The Bertz CT molecular complexity index is 650. The molecule has 0 saturated carbocycles. The first-order valence-electron chi connectivity index (χ1n) is 6.27. The Morgan fingerprint density at radius 3 is 2.38 bits per heavy atom. The Labute approximate surface area is 126 Å². The van der Waals surface area contributed by atoms with Crippen LogP contribution in [0, 0.1) is 0 Å². The predicted octanol–water partition coefficient (Wildman–Crippen LogP) is 3.27. The summed E-state index contributed by atoms with van der Waals surface area (Å²) in [5.41, 5.74) is 0.136. The summed E-state index contributed by atoms with van der Waals surface area (Å²) in [4.78, 5) is 23.6. The Balaban J connectivity index is 1.89. The molecular formula is C16H13ClO4. The van der Waals surface area contributed by atoms with Gasteiger partial charge in [0.15, 0.2) is 11.6 Å². The second-order valence-electron chi connectivity index (χ2n) is 4.40. The fraction of sp³-hybridized carbons (Fsp3) is 0.125. The summed E-state index contributed by atoms with van der Waals surface area (Å²) < 4.78 is 5.27. The molecule has 0 atom stereocenters. The molecule has 1 N–H and O–H groups in total. The summed E-state index contributed by atoms with van der Waals surface area (Å²) in [7, 11) is 0. The van der Waals surface area contributed by atoms with Crippen LogP contribution >= 0.6 is 11.6 Å². The van der Waals surface area contributed by atoms with Gasteiger partial charge in [0.05, 0.1) is 12.0 Å². The maximum atomic E-state index is 11.9. The van der Waals surface area contributed by atoms with Crippen molar-refractivity contribution in [2.45, 2.75) is 6.42 Å². The van der Waals surface area contributed by atoms with Crippen LogP contribution in [-0.4, -0.2) is 23.3 Å². The third-order valence-corrected chi connectivity index (χ3v) is 3.03. The van der Waals surface area contributed by atoms with Gasteiger partial charge in [0.2, 0.25) is 0 Å². The van der Waals surface area contributed by atoms with E-state index in [1.165, 1.54) is 12.1 Å². The molecule has 4 nitrogen and oxygen atoms in total. The molecule has 108 valence electrons. The molecule has 0 aliphatic carbocycles. The van der Waals surface area contributed by atoms with E-state index in [-0.39, 0.29) is 30.1 Å². The van der Waals surface area contributed by atoms with Gasteiger partial charge in [0, 0.05) is 5.02 Å². The molecular weight excluding hydrogens is 292 g/mol. The molecule has 2 aromatic rings. The number of carbonyl (C=O) groups excluding carboxylic acids is 2. The van der Waals surface area contributed by atoms with E-state index in [0.717, 1.165) is 0 Å². The van der Waals surface area contributed by atoms with Crippen molar-refractivity contribution < 1.29 is 19.4 Å². The number of rotatable bonds is 6. The zero-order valence-electron chi connectivity index (χ0n) is 11.1. The number of Topliss-reactive ketones (excluding diaryl/α,β-unsaturated/α-hetero) is 2. The van der Waals surface area contributed by atoms with E-state index >= 15 is 0 Å². The largest absolute Gasteiger partial charge is 0.507 e. The smallest absolute Gasteiger partial charge is 0.177 e. The molecule has 0 saturated heterocycles. The normalized spacial score (nSPS) is 10.1. The molecule has 0 unspecified atom stereocenters. The molecule has 2 aromatic carbocycles. The highest BCUT2D eigenvalue weighted by Crippen LogP contribution is 2.18. The lowest BCUT2D eigenvalue weighted by molar-refractivity contribution is -0.120. The van der Waals surface area contributed by atoms with Gasteiger partial charge in [-0.3, -0.25) is 9.59 Å². The van der Waals surface area contributed by atoms with E-state index < -0.39 is 5.78 Å². The summed E-state index contributed by atoms with van der Waals surface area (Å²) in [6.45, 7) is -0.207. The van der Waals surface area contributed by atoms with Crippen molar-refractivity contribution in [2.75, 3.05) is 6.61 Å². The number of ether oxygens (including phenoxy) is 1. The van der Waals surface area contributed by atoms with Crippen molar-refractivity contribution in [3.8, 4) is 11.5 Å². The number of aromatic hydroxyl groups is 1. The molecule has 0 amide bonds. The van der Waals surface area contributed by atoms with Gasteiger partial charge >= 0.3 is 0 Å². The second kappa shape index (κ2) is 6.90. The van der Waals surface area contributed by atoms with Crippen molar-refractivity contribution in [3.05, 3.63) is 59.1 Å². The molecule has 0 aliphatic heterocycles. The number of halogens is 1. The average molecular weight is 305 g/mol. The number of phenolic OH excluding ortho intramolecular Hbond substituents is 1. The second-order valence-corrected chi connectivity index (χ2v) is 4.83. The van der Waals surface area contributed by atoms with Gasteiger partial charge in [0.25, 0.3) is 0 Å². The molecule has 5 heteroatoms. The molecule has 0 radical (unpaired) electrons. The number of ketones is 2. The lowest BCUT2D eigenvalue weighted by atomic mass is 10.1. The van der Waals surface area contributed by atoms with Gasteiger partial charge in [0.1, 0.15) is 18.1 Å². The topological polar surface area (TPSA) is 63.6 Å². The van der Waals surface area contributed by atoms with Crippen LogP contribution in [0.2, 0.25) is 5.02 Å². The van der Waals surface area contributed by atoms with E-state index in [2.05, 4.69) is 0 Å². The summed E-state index contributed by atoms with van der Waals surface area (Å²) in [5, 5.41) is 10.1. The minimum Gasteiger partial charge on any atom is -0.507 e. The third kappa shape index (κ3) is 4.33. The van der Waals surface area contributed by atoms with Crippen LogP contribution in [0.5, 0.6) is 11.5 Å². The van der Waals surface area contributed by atoms with Gasteiger partial charge in [-0.1, -0.05) is 23.7 Å². The Morgan fingerprint density at radius 2 is 1.71 bits per heavy atom. The summed E-state index contributed by atoms with van der Waals surface area (Å²) in [5.74, 6) is -0.423. The van der Waals surface area contributed by atoms with Crippen molar-refractivity contribution in [1.29, 1.82) is 0 Å². The van der Waals surface area contributed by atoms with Crippen LogP contribution in [0.4, 0.5) is 0 Å². The number of para-hydroxylation sites is 1. The quantitative estimate of drug-likeness (QED) is 0.657. The minimum absolute atomic E-state index is 0.131. The van der Waals surface area contributed by atoms with Crippen molar-refractivity contribution >= 4 is 23.2 Å². The third-order valence-electron chi connectivity index (χ3n) is 2.78. The number of phenols is 1. The van der Waals surface area contributed by atoms with Crippen LogP contribution < -0.4 is 4.74 Å². The molecule has 0 heterocycles. The van der Waals surface area contributed by atoms with Crippen LogP contribution in [0.25, 0.3) is 0 Å². The predicted molar refractivity (Wildman–Crippen MR) is 79.0 cm³/mol. The molecule has 0 aliphatic rings. The Hall–Kier alpha value is -2.33. The van der Waals surface area contributed by atoms with Gasteiger partial charge in [-0.15, -0.1) is 0 Å². The highest BCUT2D eigenvalue weighted by Gasteiger charge is 2.15. The first-order chi connectivity index (χ1) is 10.1. The number of hydrogen-bond acceptors (Lipinski definition) is 4. The van der Waals surface area contributed by atoms with Crippen LogP contribution in [0.15, 0.2) is 48.5 Å². The molecule has 21 heavy (non-hydrogen) atoms. The zero-order chi connectivity index (χ0) is 15.2. The summed E-state index contributed by atoms with van der Waals surface area (Å²) >= 11 is 5.74. The van der Waals surface area contributed by atoms with Gasteiger partial charge < -0.3 is 9.84 Å². The maximum Gasteiger partial charge on any atom is 0.177 e. The molecule has 0 aromatic heterocycles. The summed E-state index contributed by atoms with van der Waals surface area (Å²) in [6.07, 6.45) is -0.314. The van der Waals surface area contributed by atoms with Crippen LogP contribution in [-0.2, 0) is 4.79 Å². The summed E-state index contributed by atoms with van der Waals surface area (Å²) in [6, 6.07) is 12.7. The molecule has 2 rings (SSSR count). The van der Waals surface area contributed by atoms with Crippen LogP contribution in [0.1, 0.15) is 16.8 Å². The van der Waals surface area contributed by atoms with Gasteiger partial charge in [-0.05, 0) is 36.4 Å². The van der Waals surface area contributed by atoms with Crippen molar-refractivity contribution in [1.82, 2.24) is 0 Å². The Kier molecular flexibility index (Phi) is 4.95. The number of hydrogen-bond donors (Lipinski definition) is 1. The average Bonchev–Trinajstić information content (AvgIpc) is 2.47. The van der Waals surface area contributed by atoms with E-state index in [9.17, 15) is 14.7 Å². The highest BCUT2D eigenvalue weighted by molar-refractivity contribution is 6.30. The lowest BCUT2D eigenvalue weighted by Gasteiger charge is -2.06. The molecule has 0 fully saturated rings. The van der Waals surface area contributed by atoms with E-state index in [1.807, 2.05) is 0 Å².